The molecule has 1 aliphatic rings. The third kappa shape index (κ3) is 7.68. The molecule has 0 spiro atoms. The zero-order valence-electron chi connectivity index (χ0n) is 16.5. The molecular weight excluding hydrogens is 312 g/mol. The van der Waals surface area contributed by atoms with Gasteiger partial charge in [0, 0.05) is 6.92 Å². The molecule has 0 amide bonds. The molecule has 1 rings (SSSR count). The van der Waals surface area contributed by atoms with Crippen LogP contribution in [0.4, 0.5) is 0 Å². The first kappa shape index (κ1) is 21.1. The van der Waals surface area contributed by atoms with Crippen molar-refractivity contribution in [1.29, 1.82) is 0 Å². The number of carbonyl (C=O) groups is 2. The predicted molar refractivity (Wildman–Crippen MR) is 103 cm³/mol. The molecule has 0 unspecified atom stereocenters. The maximum Gasteiger partial charge on any atom is 0.314 e. The van der Waals surface area contributed by atoms with Gasteiger partial charge in [-0.2, -0.15) is 0 Å². The Morgan fingerprint density at radius 1 is 1.28 bits per heavy atom. The van der Waals surface area contributed by atoms with Crippen LogP contribution in [0, 0.1) is 11.3 Å². The van der Waals surface area contributed by atoms with Crippen LogP contribution in [0.3, 0.4) is 0 Å². The highest BCUT2D eigenvalue weighted by atomic mass is 16.6. The second kappa shape index (κ2) is 9.55. The van der Waals surface area contributed by atoms with Crippen molar-refractivity contribution < 1.29 is 14.3 Å². The Morgan fingerprint density at radius 3 is 2.56 bits per heavy atom. The van der Waals surface area contributed by atoms with Crippen molar-refractivity contribution in [3.8, 4) is 0 Å². The minimum atomic E-state index is -0.558. The fraction of sp³-hybridized carbons (Fsp3) is 0.545. The van der Waals surface area contributed by atoms with Crippen LogP contribution in [0.1, 0.15) is 67.2 Å². The lowest BCUT2D eigenvalue weighted by Crippen LogP contribution is -2.19. The van der Waals surface area contributed by atoms with Crippen molar-refractivity contribution in [2.24, 2.45) is 11.3 Å². The first-order chi connectivity index (χ1) is 11.6. The fourth-order valence-corrected chi connectivity index (χ4v) is 3.21. The Morgan fingerprint density at radius 2 is 1.96 bits per heavy atom. The van der Waals surface area contributed by atoms with Crippen LogP contribution >= 0.6 is 0 Å². The molecule has 0 saturated carbocycles. The molecule has 0 heterocycles. The summed E-state index contributed by atoms with van der Waals surface area (Å²) in [6.45, 7) is 12.1. The van der Waals surface area contributed by atoms with Crippen molar-refractivity contribution >= 4 is 11.9 Å². The lowest BCUT2D eigenvalue weighted by atomic mass is 9.72. The van der Waals surface area contributed by atoms with Crippen LogP contribution < -0.4 is 0 Å². The van der Waals surface area contributed by atoms with E-state index < -0.39 is 11.9 Å². The van der Waals surface area contributed by atoms with E-state index in [-0.39, 0.29) is 17.8 Å². The number of esters is 2. The SMILES string of the molecule is CC(=O)OC(=O)C[C@H](C)/C=C/C=C(C)/C=C/C1=C(C)CCCC1(C)C. The Labute approximate surface area is 152 Å². The Bertz CT molecular complexity index is 615. The molecule has 138 valence electrons. The van der Waals surface area contributed by atoms with Crippen LogP contribution in [-0.2, 0) is 14.3 Å². The summed E-state index contributed by atoms with van der Waals surface area (Å²) in [4.78, 5) is 22.1. The monoisotopic (exact) mass is 344 g/mol. The average molecular weight is 344 g/mol. The van der Waals surface area contributed by atoms with E-state index >= 15 is 0 Å². The standard InChI is InChI=1S/C22H32O3/c1-16(9-7-10-17(2)15-21(24)25-19(4)23)12-13-20-18(3)11-8-14-22(20,5)6/h7,9-10,12-13,17H,8,11,14-15H2,1-6H3/b10-7+,13-12+,16-9+/t17-/m1/s1. The highest BCUT2D eigenvalue weighted by molar-refractivity contribution is 5.84. The third-order valence-electron chi connectivity index (χ3n) is 4.60. The quantitative estimate of drug-likeness (QED) is 0.353. The van der Waals surface area contributed by atoms with Crippen LogP contribution in [-0.4, -0.2) is 11.9 Å². The number of carbonyl (C=O) groups excluding carboxylic acids is 2. The van der Waals surface area contributed by atoms with Gasteiger partial charge in [-0.15, -0.1) is 0 Å². The second-order valence-corrected chi connectivity index (χ2v) is 7.71. The van der Waals surface area contributed by atoms with E-state index in [1.54, 1.807) is 0 Å². The van der Waals surface area contributed by atoms with Gasteiger partial charge in [0.15, 0.2) is 0 Å². The van der Waals surface area contributed by atoms with Crippen molar-refractivity contribution in [2.75, 3.05) is 0 Å². The maximum absolute atomic E-state index is 11.4. The molecule has 0 aliphatic heterocycles. The van der Waals surface area contributed by atoms with Crippen LogP contribution in [0.5, 0.6) is 0 Å². The molecule has 0 N–H and O–H groups in total. The minimum absolute atomic E-state index is 0.0297. The fourth-order valence-electron chi connectivity index (χ4n) is 3.21. The van der Waals surface area contributed by atoms with Gasteiger partial charge in [-0.1, -0.05) is 62.3 Å². The van der Waals surface area contributed by atoms with E-state index in [1.807, 2.05) is 25.2 Å². The Balaban J connectivity index is 2.63. The first-order valence-electron chi connectivity index (χ1n) is 9.06. The summed E-state index contributed by atoms with van der Waals surface area (Å²) in [5.74, 6) is -1.01. The van der Waals surface area contributed by atoms with Gasteiger partial charge in [0.1, 0.15) is 0 Å². The van der Waals surface area contributed by atoms with Crippen molar-refractivity contribution in [2.45, 2.75) is 67.2 Å². The van der Waals surface area contributed by atoms with Gasteiger partial charge < -0.3 is 4.74 Å². The van der Waals surface area contributed by atoms with E-state index in [4.69, 9.17) is 0 Å². The number of rotatable bonds is 6. The van der Waals surface area contributed by atoms with Gasteiger partial charge in [-0.05, 0) is 50.0 Å². The van der Waals surface area contributed by atoms with Gasteiger partial charge in [-0.25, -0.2) is 0 Å². The summed E-state index contributed by atoms with van der Waals surface area (Å²) < 4.78 is 4.54. The molecule has 0 bridgehead atoms. The molecule has 3 nitrogen and oxygen atoms in total. The summed E-state index contributed by atoms with van der Waals surface area (Å²) in [5, 5.41) is 0. The molecule has 3 heteroatoms. The van der Waals surface area contributed by atoms with Crippen LogP contribution in [0.2, 0.25) is 0 Å². The van der Waals surface area contributed by atoms with Gasteiger partial charge in [0.2, 0.25) is 0 Å². The van der Waals surface area contributed by atoms with E-state index in [0.29, 0.717) is 0 Å². The summed E-state index contributed by atoms with van der Waals surface area (Å²) in [6.07, 6.45) is 14.3. The number of allylic oxidation sites excluding steroid dienone is 8. The van der Waals surface area contributed by atoms with E-state index in [2.05, 4.69) is 44.6 Å². The highest BCUT2D eigenvalue weighted by Crippen LogP contribution is 2.40. The van der Waals surface area contributed by atoms with Crippen LogP contribution in [0.25, 0.3) is 0 Å². The molecule has 0 radical (unpaired) electrons. The summed E-state index contributed by atoms with van der Waals surface area (Å²) >= 11 is 0. The molecule has 1 aliphatic carbocycles. The maximum atomic E-state index is 11.4. The van der Waals surface area contributed by atoms with Gasteiger partial charge in [-0.3, -0.25) is 9.59 Å². The second-order valence-electron chi connectivity index (χ2n) is 7.71. The van der Waals surface area contributed by atoms with Crippen molar-refractivity contribution in [1.82, 2.24) is 0 Å². The summed E-state index contributed by atoms with van der Waals surface area (Å²) in [7, 11) is 0. The number of hydrogen-bond donors (Lipinski definition) is 0. The lowest BCUT2D eigenvalue weighted by Gasteiger charge is -2.32. The van der Waals surface area contributed by atoms with Gasteiger partial charge >= 0.3 is 11.9 Å². The Hall–Kier alpha value is -1.90. The zero-order valence-corrected chi connectivity index (χ0v) is 16.5. The van der Waals surface area contributed by atoms with Gasteiger partial charge in [0.25, 0.3) is 0 Å². The Kier molecular flexibility index (Phi) is 8.08. The van der Waals surface area contributed by atoms with Crippen molar-refractivity contribution in [3.63, 3.8) is 0 Å². The van der Waals surface area contributed by atoms with Crippen LogP contribution in [0.15, 0.2) is 47.1 Å². The largest absolute Gasteiger partial charge is 0.393 e. The first-order valence-corrected chi connectivity index (χ1v) is 9.06. The number of ether oxygens (including phenoxy) is 1. The zero-order chi connectivity index (χ0) is 19.0. The molecule has 0 aromatic rings. The summed E-state index contributed by atoms with van der Waals surface area (Å²) in [5.41, 5.74) is 4.36. The molecule has 1 atom stereocenters. The molecule has 25 heavy (non-hydrogen) atoms. The summed E-state index contributed by atoms with van der Waals surface area (Å²) in [6, 6.07) is 0. The molecule has 0 aromatic heterocycles. The highest BCUT2D eigenvalue weighted by Gasteiger charge is 2.26. The normalized spacial score (nSPS) is 19.5. The lowest BCUT2D eigenvalue weighted by molar-refractivity contribution is -0.158. The van der Waals surface area contributed by atoms with E-state index in [9.17, 15) is 9.59 Å². The van der Waals surface area contributed by atoms with Gasteiger partial charge in [0.05, 0.1) is 6.42 Å². The van der Waals surface area contributed by atoms with Crippen molar-refractivity contribution in [3.05, 3.63) is 47.1 Å². The molecule has 0 saturated heterocycles. The average Bonchev–Trinajstić information content (AvgIpc) is 2.44. The molecular formula is C22H32O3. The van der Waals surface area contributed by atoms with E-state index in [0.717, 1.165) is 5.57 Å². The third-order valence-corrected chi connectivity index (χ3v) is 4.60. The topological polar surface area (TPSA) is 43.4 Å². The van der Waals surface area contributed by atoms with E-state index in [1.165, 1.54) is 37.3 Å². The molecule has 0 aromatic carbocycles. The molecule has 0 fully saturated rings. The number of hydrogen-bond acceptors (Lipinski definition) is 3. The predicted octanol–water partition coefficient (Wildman–Crippen LogP) is 5.69. The minimum Gasteiger partial charge on any atom is -0.393 e. The smallest absolute Gasteiger partial charge is 0.314 e.